The molecule has 1 fully saturated rings. The SMILES string of the molecule is CC1=C[C@H]2N(c3ccc(C)cc31)[C@H](C(=O)C(C)(C)C)[C@H](C(=O)c1ccc3c(c1)OCO3)[C@]21C(=O)Nc2ccccc21. The van der Waals surface area contributed by atoms with Gasteiger partial charge in [0.1, 0.15) is 11.5 Å². The van der Waals surface area contributed by atoms with Crippen LogP contribution in [-0.4, -0.2) is 36.4 Å². The average molecular weight is 549 g/mol. The number of benzene rings is 3. The third-order valence-corrected chi connectivity index (χ3v) is 9.08. The summed E-state index contributed by atoms with van der Waals surface area (Å²) in [6, 6.07) is 17.4. The minimum Gasteiger partial charge on any atom is -0.454 e. The van der Waals surface area contributed by atoms with Gasteiger partial charge in [-0.05, 0) is 61.4 Å². The Hall–Kier alpha value is -4.39. The van der Waals surface area contributed by atoms with E-state index in [0.29, 0.717) is 22.7 Å². The number of fused-ring (bicyclic) bond motifs is 7. The molecule has 7 nitrogen and oxygen atoms in total. The standard InChI is InChI=1S/C34H32N2O5/c1-18-10-12-24-21(14-18)19(2)15-27-34(22-8-6-7-9-23(22)35-32(34)39)28(29(36(24)27)31(38)33(3,4)5)30(37)20-11-13-25-26(16-20)41-17-40-25/h6-16,27-29H,17H2,1-5H3,(H,35,39)/t27-,28-,29+,34-/m1/s1. The van der Waals surface area contributed by atoms with Crippen LogP contribution in [0.4, 0.5) is 11.4 Å². The Balaban J connectivity index is 1.54. The third kappa shape index (κ3) is 3.41. The Kier molecular flexibility index (Phi) is 5.34. The summed E-state index contributed by atoms with van der Waals surface area (Å²) in [5.74, 6) is -0.584. The van der Waals surface area contributed by atoms with Crippen LogP contribution in [0.5, 0.6) is 11.5 Å². The van der Waals surface area contributed by atoms with E-state index in [2.05, 4.69) is 22.4 Å². The molecule has 0 radical (unpaired) electrons. The van der Waals surface area contributed by atoms with Crippen LogP contribution in [0, 0.1) is 18.3 Å². The topological polar surface area (TPSA) is 84.9 Å². The van der Waals surface area contributed by atoms with Crippen LogP contribution in [0.15, 0.2) is 66.7 Å². The Morgan fingerprint density at radius 3 is 2.51 bits per heavy atom. The van der Waals surface area contributed by atoms with Gasteiger partial charge in [0, 0.05) is 27.9 Å². The molecule has 41 heavy (non-hydrogen) atoms. The number of allylic oxidation sites excluding steroid dienone is 1. The van der Waals surface area contributed by atoms with Crippen LogP contribution in [0.25, 0.3) is 5.57 Å². The van der Waals surface area contributed by atoms with Gasteiger partial charge in [-0.15, -0.1) is 0 Å². The lowest BCUT2D eigenvalue weighted by molar-refractivity contribution is -0.128. The van der Waals surface area contributed by atoms with Crippen LogP contribution >= 0.6 is 0 Å². The van der Waals surface area contributed by atoms with Crippen molar-refractivity contribution in [2.24, 2.45) is 11.3 Å². The fraction of sp³-hybridized carbons (Fsp3) is 0.324. The van der Waals surface area contributed by atoms with Crippen LogP contribution in [0.1, 0.15) is 54.7 Å². The molecule has 1 amide bonds. The van der Waals surface area contributed by atoms with Gasteiger partial charge in [-0.25, -0.2) is 0 Å². The van der Waals surface area contributed by atoms with Crippen molar-refractivity contribution in [2.45, 2.75) is 52.1 Å². The second-order valence-electron chi connectivity index (χ2n) is 12.6. The Morgan fingerprint density at radius 2 is 1.73 bits per heavy atom. The minimum atomic E-state index is -1.33. The molecule has 0 bridgehead atoms. The first-order chi connectivity index (χ1) is 19.5. The summed E-state index contributed by atoms with van der Waals surface area (Å²) in [5, 5.41) is 3.08. The van der Waals surface area contributed by atoms with Gasteiger partial charge in [-0.2, -0.15) is 0 Å². The first-order valence-electron chi connectivity index (χ1n) is 14.0. The highest BCUT2D eigenvalue weighted by atomic mass is 16.7. The number of nitrogens with zero attached hydrogens (tertiary/aromatic N) is 1. The normalized spacial score (nSPS) is 25.4. The Labute approximate surface area is 239 Å². The van der Waals surface area contributed by atoms with E-state index in [-0.39, 0.29) is 24.3 Å². The zero-order chi connectivity index (χ0) is 28.8. The maximum Gasteiger partial charge on any atom is 0.238 e. The highest BCUT2D eigenvalue weighted by Gasteiger charge is 2.71. The molecule has 1 saturated heterocycles. The molecule has 4 atom stereocenters. The lowest BCUT2D eigenvalue weighted by Gasteiger charge is -2.40. The molecule has 7 rings (SSSR count). The smallest absolute Gasteiger partial charge is 0.238 e. The monoisotopic (exact) mass is 548 g/mol. The Bertz CT molecular complexity index is 1700. The molecule has 7 heteroatoms. The molecule has 4 heterocycles. The maximum absolute atomic E-state index is 14.9. The summed E-state index contributed by atoms with van der Waals surface area (Å²) in [6.45, 7) is 9.78. The van der Waals surface area contributed by atoms with E-state index in [4.69, 9.17) is 9.47 Å². The number of carbonyl (C=O) groups excluding carboxylic acids is 3. The van der Waals surface area contributed by atoms with Crippen molar-refractivity contribution in [3.8, 4) is 11.5 Å². The van der Waals surface area contributed by atoms with Gasteiger partial charge < -0.3 is 19.7 Å². The number of aryl methyl sites for hydroxylation is 1. The highest BCUT2D eigenvalue weighted by Crippen LogP contribution is 2.59. The van der Waals surface area contributed by atoms with Gasteiger partial charge in [-0.1, -0.05) is 56.7 Å². The van der Waals surface area contributed by atoms with Gasteiger partial charge >= 0.3 is 0 Å². The van der Waals surface area contributed by atoms with E-state index in [9.17, 15) is 14.4 Å². The van der Waals surface area contributed by atoms with Crippen molar-refractivity contribution in [3.05, 3.63) is 89.0 Å². The first kappa shape index (κ1) is 25.6. The maximum atomic E-state index is 14.9. The van der Waals surface area contributed by atoms with Gasteiger partial charge in [0.25, 0.3) is 0 Å². The second kappa shape index (κ2) is 8.56. The molecule has 0 unspecified atom stereocenters. The number of hydrogen-bond acceptors (Lipinski definition) is 6. The van der Waals surface area contributed by atoms with Crippen molar-refractivity contribution in [1.82, 2.24) is 0 Å². The molecule has 0 saturated carbocycles. The van der Waals surface area contributed by atoms with Crippen LogP contribution in [-0.2, 0) is 15.0 Å². The van der Waals surface area contributed by atoms with Crippen LogP contribution in [0.2, 0.25) is 0 Å². The number of rotatable bonds is 3. The summed E-state index contributed by atoms with van der Waals surface area (Å²) in [6.07, 6.45) is 2.08. The van der Waals surface area contributed by atoms with E-state index in [1.54, 1.807) is 18.2 Å². The van der Waals surface area contributed by atoms with E-state index in [1.165, 1.54) is 0 Å². The lowest BCUT2D eigenvalue weighted by Crippen LogP contribution is -2.51. The molecule has 0 aliphatic carbocycles. The minimum absolute atomic E-state index is 0.0807. The molecule has 208 valence electrons. The quantitative estimate of drug-likeness (QED) is 0.423. The molecule has 4 aliphatic heterocycles. The fourth-order valence-corrected chi connectivity index (χ4v) is 7.22. The number of hydrogen-bond donors (Lipinski definition) is 1. The number of ether oxygens (including phenoxy) is 2. The van der Waals surface area contributed by atoms with Crippen LogP contribution in [0.3, 0.4) is 0 Å². The van der Waals surface area contributed by atoms with Gasteiger partial charge in [0.05, 0.1) is 12.0 Å². The van der Waals surface area contributed by atoms with Crippen molar-refractivity contribution in [1.29, 1.82) is 0 Å². The second-order valence-corrected chi connectivity index (χ2v) is 12.6. The van der Waals surface area contributed by atoms with Gasteiger partial charge in [-0.3, -0.25) is 14.4 Å². The molecular weight excluding hydrogens is 516 g/mol. The summed E-state index contributed by atoms with van der Waals surface area (Å²) in [5.41, 5.74) is 3.66. The fourth-order valence-electron chi connectivity index (χ4n) is 7.22. The lowest BCUT2D eigenvalue weighted by atomic mass is 9.63. The van der Waals surface area contributed by atoms with Crippen molar-refractivity contribution < 1.29 is 23.9 Å². The molecule has 1 N–H and O–H groups in total. The number of anilines is 2. The van der Waals surface area contributed by atoms with E-state index < -0.39 is 28.8 Å². The number of carbonyl (C=O) groups is 3. The molecular formula is C34H32N2O5. The predicted octanol–water partition coefficient (Wildman–Crippen LogP) is 5.70. The van der Waals surface area contributed by atoms with Gasteiger partial charge in [0.2, 0.25) is 12.7 Å². The third-order valence-electron chi connectivity index (χ3n) is 9.08. The predicted molar refractivity (Wildman–Crippen MR) is 156 cm³/mol. The number of amides is 1. The first-order valence-corrected chi connectivity index (χ1v) is 14.0. The number of ketones is 2. The van der Waals surface area contributed by atoms with E-state index in [1.807, 2.05) is 71.0 Å². The Morgan fingerprint density at radius 1 is 0.976 bits per heavy atom. The summed E-state index contributed by atoms with van der Waals surface area (Å²) < 4.78 is 11.1. The number of para-hydroxylation sites is 1. The van der Waals surface area contributed by atoms with Gasteiger partial charge in [0.15, 0.2) is 23.1 Å². The van der Waals surface area contributed by atoms with Crippen molar-refractivity contribution >= 4 is 34.4 Å². The van der Waals surface area contributed by atoms with Crippen molar-refractivity contribution in [2.75, 3.05) is 17.0 Å². The van der Waals surface area contributed by atoms with E-state index >= 15 is 0 Å². The largest absolute Gasteiger partial charge is 0.454 e. The number of nitrogens with one attached hydrogen (secondary N) is 1. The molecule has 0 aromatic heterocycles. The molecule has 4 aliphatic rings. The summed E-state index contributed by atoms with van der Waals surface area (Å²) in [4.78, 5) is 46.0. The molecule has 3 aromatic carbocycles. The molecule has 3 aromatic rings. The zero-order valence-corrected chi connectivity index (χ0v) is 23.8. The number of Topliss-reactive ketones (excluding diaryl/α,β-unsaturated/α-hetero) is 2. The van der Waals surface area contributed by atoms with Crippen LogP contribution < -0.4 is 19.7 Å². The van der Waals surface area contributed by atoms with E-state index in [0.717, 1.165) is 28.0 Å². The summed E-state index contributed by atoms with van der Waals surface area (Å²) >= 11 is 0. The average Bonchev–Trinajstić information content (AvgIpc) is 3.61. The highest BCUT2D eigenvalue weighted by molar-refractivity contribution is 6.17. The summed E-state index contributed by atoms with van der Waals surface area (Å²) in [7, 11) is 0. The zero-order valence-electron chi connectivity index (χ0n) is 23.8. The molecule has 1 spiro atoms. The van der Waals surface area contributed by atoms with Crippen molar-refractivity contribution in [3.63, 3.8) is 0 Å².